The molecule has 6 heteroatoms. The lowest BCUT2D eigenvalue weighted by Crippen LogP contribution is -2.47. The predicted molar refractivity (Wildman–Crippen MR) is 125 cm³/mol. The van der Waals surface area contributed by atoms with Crippen LogP contribution in [0.15, 0.2) is 60.7 Å². The number of hydrogen-bond acceptors (Lipinski definition) is 5. The molecule has 0 unspecified atom stereocenters. The highest BCUT2D eigenvalue weighted by Crippen LogP contribution is 2.05. The fraction of sp³-hybridized carbons (Fsp3) is 0.400. The van der Waals surface area contributed by atoms with Gasteiger partial charge in [0.15, 0.2) is 0 Å². The Hall–Kier alpha value is -2.83. The summed E-state index contributed by atoms with van der Waals surface area (Å²) in [4.78, 5) is 34.4. The Morgan fingerprint density at radius 3 is 1.87 bits per heavy atom. The van der Waals surface area contributed by atoms with Crippen molar-refractivity contribution in [3.05, 3.63) is 71.8 Å². The van der Waals surface area contributed by atoms with Gasteiger partial charge in [-0.25, -0.2) is 0 Å². The Bertz CT molecular complexity index is 883. The molecular weight excluding hydrogens is 390 g/mol. The predicted octanol–water partition coefficient (Wildman–Crippen LogP) is 2.30. The van der Waals surface area contributed by atoms with Crippen molar-refractivity contribution in [2.45, 2.75) is 51.2 Å². The van der Waals surface area contributed by atoms with Crippen molar-refractivity contribution >= 4 is 18.4 Å². The molecular formula is C25H35N3O3. The molecule has 2 aromatic carbocycles. The van der Waals surface area contributed by atoms with Gasteiger partial charge in [0.25, 0.3) is 0 Å². The maximum atomic E-state index is 12.4. The first-order valence-corrected chi connectivity index (χ1v) is 10.4. The Labute approximate surface area is 189 Å². The standard InChI is InChI=1S/C18H20N2O2.C7H15NO/c19-17(12-15-9-5-2-6-10-15)18(22)20-16(13-21)11-14-7-3-1-4-8-14;1-6(2)4-7(5-9)8-3/h1-10,13,16-17H,11-12,19H2,(H,20,22);5-8H,4H2,1-3H3/t16-,17-;7-/m00/s1/i13D;5D/hD. The van der Waals surface area contributed by atoms with Gasteiger partial charge in [-0.05, 0) is 43.4 Å². The van der Waals surface area contributed by atoms with Gasteiger partial charge in [0, 0.05) is 0 Å². The van der Waals surface area contributed by atoms with Crippen LogP contribution in [0.3, 0.4) is 0 Å². The number of likely N-dealkylation sites (N-methyl/N-ethyl adjacent to an activating group) is 1. The van der Waals surface area contributed by atoms with Crippen molar-refractivity contribution in [2.75, 3.05) is 7.05 Å². The number of amides is 1. The van der Waals surface area contributed by atoms with Crippen LogP contribution < -0.4 is 16.4 Å². The van der Waals surface area contributed by atoms with Gasteiger partial charge in [0.1, 0.15) is 16.7 Å². The van der Waals surface area contributed by atoms with Gasteiger partial charge in [-0.3, -0.25) is 4.79 Å². The fourth-order valence-electron chi connectivity index (χ4n) is 2.88. The number of nitrogens with two attached hydrogens (primary N) is 1. The molecule has 0 saturated carbocycles. The summed E-state index contributed by atoms with van der Waals surface area (Å²) in [6.45, 7) is 4.07. The lowest BCUT2D eigenvalue weighted by Gasteiger charge is -2.17. The zero-order valence-electron chi connectivity index (χ0n) is 21.4. The van der Waals surface area contributed by atoms with Crippen LogP contribution in [0.2, 0.25) is 1.41 Å². The van der Waals surface area contributed by atoms with Gasteiger partial charge in [-0.2, -0.15) is 0 Å². The van der Waals surface area contributed by atoms with Crippen LogP contribution in [0.4, 0.5) is 0 Å². The van der Waals surface area contributed by atoms with Crippen LogP contribution in [0, 0.1) is 5.92 Å². The summed E-state index contributed by atoms with van der Waals surface area (Å²) < 4.78 is 21.6. The molecule has 4 N–H and O–H groups in total. The number of aldehydes is 2. The van der Waals surface area contributed by atoms with Crippen molar-refractivity contribution in [1.82, 2.24) is 10.6 Å². The lowest BCUT2D eigenvalue weighted by atomic mass is 10.0. The van der Waals surface area contributed by atoms with Crippen molar-refractivity contribution in [1.29, 1.82) is 0 Å². The molecule has 0 heterocycles. The van der Waals surface area contributed by atoms with Gasteiger partial charge in [0.05, 0.1) is 18.1 Å². The molecule has 0 aliphatic carbocycles. The molecule has 2 aromatic rings. The average molecular weight is 429 g/mol. The molecule has 2 rings (SSSR count). The van der Waals surface area contributed by atoms with Crippen molar-refractivity contribution < 1.29 is 18.5 Å². The third-order valence-corrected chi connectivity index (χ3v) is 4.54. The molecule has 0 spiro atoms. The minimum absolute atomic E-state index is 0.255. The number of benzene rings is 2. The summed E-state index contributed by atoms with van der Waals surface area (Å²) in [7, 11) is 1.71. The number of rotatable bonds is 12. The van der Waals surface area contributed by atoms with E-state index in [1.807, 2.05) is 74.5 Å². The Balaban J connectivity index is 0.000000489. The second-order valence-corrected chi connectivity index (χ2v) is 7.70. The molecule has 0 saturated heterocycles. The van der Waals surface area contributed by atoms with E-state index in [1.165, 1.54) is 0 Å². The van der Waals surface area contributed by atoms with Crippen molar-refractivity contribution in [3.8, 4) is 0 Å². The van der Waals surface area contributed by atoms with Crippen molar-refractivity contribution in [3.63, 3.8) is 0 Å². The molecule has 0 aliphatic rings. The summed E-state index contributed by atoms with van der Waals surface area (Å²) in [6, 6.07) is 16.6. The first-order valence-electron chi connectivity index (χ1n) is 11.9. The Kier molecular flexibility index (Phi) is 10.4. The zero-order chi connectivity index (χ0) is 25.5. The summed E-state index contributed by atoms with van der Waals surface area (Å²) in [5.74, 6) is 0.00198. The van der Waals surface area contributed by atoms with E-state index in [0.717, 1.165) is 17.5 Å². The monoisotopic (exact) mass is 428 g/mol. The van der Waals surface area contributed by atoms with E-state index < -0.39 is 30.5 Å². The Morgan fingerprint density at radius 2 is 1.48 bits per heavy atom. The van der Waals surface area contributed by atoms with E-state index in [9.17, 15) is 14.4 Å². The minimum atomic E-state index is -0.925. The van der Waals surface area contributed by atoms with Gasteiger partial charge < -0.3 is 25.9 Å². The molecule has 0 fully saturated rings. The number of carbonyl (C=O) groups is 3. The second kappa shape index (κ2) is 15.0. The van der Waals surface area contributed by atoms with E-state index >= 15 is 0 Å². The van der Waals surface area contributed by atoms with E-state index in [2.05, 4.69) is 16.4 Å². The molecule has 0 radical (unpaired) electrons. The highest BCUT2D eigenvalue weighted by molar-refractivity contribution is 5.84. The van der Waals surface area contributed by atoms with E-state index in [4.69, 9.17) is 4.15 Å². The maximum Gasteiger partial charge on any atom is 0.237 e. The molecule has 0 aromatic heterocycles. The molecule has 168 valence electrons. The highest BCUT2D eigenvalue weighted by atomic mass is 16.2. The lowest BCUT2D eigenvalue weighted by molar-refractivity contribution is -0.125. The largest absolute Gasteiger partial charge is 0.345 e. The number of carbonyl (C=O) groups excluding carboxylic acids is 3. The maximum absolute atomic E-state index is 12.4. The molecule has 31 heavy (non-hydrogen) atoms. The third kappa shape index (κ3) is 11.2. The summed E-state index contributed by atoms with van der Waals surface area (Å²) in [5.41, 5.74) is 4.00. The summed E-state index contributed by atoms with van der Waals surface area (Å²) >= 11 is 0. The topological polar surface area (TPSA) is 101 Å². The van der Waals surface area contributed by atoms with Crippen LogP contribution >= 0.6 is 0 Å². The first-order chi connectivity index (χ1) is 16.2. The van der Waals surface area contributed by atoms with Crippen LogP contribution in [-0.4, -0.2) is 43.6 Å². The van der Waals surface area contributed by atoms with Crippen LogP contribution in [0.1, 0.15) is 34.1 Å². The van der Waals surface area contributed by atoms with Crippen LogP contribution in [0.5, 0.6) is 0 Å². The Morgan fingerprint density at radius 1 is 0.968 bits per heavy atom. The van der Waals surface area contributed by atoms with Crippen molar-refractivity contribution in [2.24, 2.45) is 11.6 Å². The second-order valence-electron chi connectivity index (χ2n) is 7.70. The van der Waals surface area contributed by atoms with E-state index in [1.54, 1.807) is 7.05 Å². The minimum Gasteiger partial charge on any atom is -0.345 e. The molecule has 1 amide bonds. The summed E-state index contributed by atoms with van der Waals surface area (Å²) in [6.07, 6.45) is -0.0311. The SMILES string of the molecule is [2H]C(=O)[C@H](CC(C)C)NC.[2H]N[C@@H](Cc1ccccc1)C(=O)N[C@@H](Cc1ccccc1)C([2H])=O. The third-order valence-electron chi connectivity index (χ3n) is 4.54. The molecule has 3 atom stereocenters. The normalized spacial score (nSPS) is 14.6. The number of nitrogens with one attached hydrogen (secondary N) is 2. The zero-order valence-corrected chi connectivity index (χ0v) is 18.4. The molecule has 6 nitrogen and oxygen atoms in total. The first kappa shape index (κ1) is 21.4. The quantitative estimate of drug-likeness (QED) is 0.450. The van der Waals surface area contributed by atoms with Crippen LogP contribution in [0.25, 0.3) is 0 Å². The van der Waals surface area contributed by atoms with Gasteiger partial charge in [0.2, 0.25) is 5.91 Å². The van der Waals surface area contributed by atoms with Gasteiger partial charge >= 0.3 is 0 Å². The molecule has 0 bridgehead atoms. The highest BCUT2D eigenvalue weighted by Gasteiger charge is 2.18. The van der Waals surface area contributed by atoms with E-state index in [0.29, 0.717) is 12.3 Å². The van der Waals surface area contributed by atoms with Gasteiger partial charge in [-0.15, -0.1) is 0 Å². The number of hydrogen-bond donors (Lipinski definition) is 3. The fourth-order valence-corrected chi connectivity index (χ4v) is 2.88. The summed E-state index contributed by atoms with van der Waals surface area (Å²) in [5, 5.41) is 5.37. The smallest absolute Gasteiger partial charge is 0.237 e. The van der Waals surface area contributed by atoms with Gasteiger partial charge in [-0.1, -0.05) is 74.5 Å². The van der Waals surface area contributed by atoms with E-state index in [-0.39, 0.29) is 12.5 Å². The van der Waals surface area contributed by atoms with Crippen LogP contribution in [-0.2, 0) is 27.2 Å². The molecule has 0 aliphatic heterocycles. The average Bonchev–Trinajstić information content (AvgIpc) is 2.81.